The monoisotopic (exact) mass is 283 g/mol. The minimum atomic E-state index is -0.755. The molecule has 0 radical (unpaired) electrons. The van der Waals surface area contributed by atoms with Gasteiger partial charge in [-0.15, -0.1) is 0 Å². The van der Waals surface area contributed by atoms with Gasteiger partial charge in [-0.25, -0.2) is 0 Å². The Balaban J connectivity index is 2.03. The molecule has 104 valence electrons. The lowest BCUT2D eigenvalue weighted by atomic mass is 10.0. The molecule has 0 unspecified atom stereocenters. The van der Waals surface area contributed by atoms with E-state index in [0.717, 1.165) is 25.7 Å². The van der Waals surface area contributed by atoms with Crippen LogP contribution in [-0.2, 0) is 0 Å². The highest BCUT2D eigenvalue weighted by atomic mass is 35.5. The van der Waals surface area contributed by atoms with Crippen molar-refractivity contribution in [3.05, 3.63) is 28.8 Å². The van der Waals surface area contributed by atoms with E-state index in [0.29, 0.717) is 16.3 Å². The van der Waals surface area contributed by atoms with Crippen molar-refractivity contribution in [2.45, 2.75) is 31.3 Å². The Morgan fingerprint density at radius 2 is 2.16 bits per heavy atom. The zero-order valence-corrected chi connectivity index (χ0v) is 11.7. The lowest BCUT2D eigenvalue weighted by Gasteiger charge is -2.22. The second-order valence-electron chi connectivity index (χ2n) is 4.96. The maximum absolute atomic E-state index is 12.1. The summed E-state index contributed by atoms with van der Waals surface area (Å²) in [5.41, 5.74) is -0.330. The zero-order valence-electron chi connectivity index (χ0n) is 10.9. The Hall–Kier alpha value is -1.26. The fraction of sp³-hybridized carbons (Fsp3) is 0.500. The molecule has 1 aromatic carbocycles. The number of amides is 1. The predicted molar refractivity (Wildman–Crippen MR) is 73.8 cm³/mol. The summed E-state index contributed by atoms with van der Waals surface area (Å²) in [6.07, 6.45) is 3.50. The number of methoxy groups -OCH3 is 1. The molecule has 4 nitrogen and oxygen atoms in total. The number of hydrogen-bond acceptors (Lipinski definition) is 3. The number of aliphatic hydroxyl groups is 1. The van der Waals surface area contributed by atoms with Crippen LogP contribution >= 0.6 is 11.6 Å². The van der Waals surface area contributed by atoms with Crippen LogP contribution in [0.4, 0.5) is 0 Å². The first kappa shape index (κ1) is 14.2. The van der Waals surface area contributed by atoms with Crippen LogP contribution in [-0.4, -0.2) is 30.3 Å². The van der Waals surface area contributed by atoms with Gasteiger partial charge in [0.15, 0.2) is 0 Å². The van der Waals surface area contributed by atoms with Gasteiger partial charge in [-0.05, 0) is 31.0 Å². The second-order valence-corrected chi connectivity index (χ2v) is 5.40. The van der Waals surface area contributed by atoms with Crippen molar-refractivity contribution in [3.8, 4) is 5.75 Å². The van der Waals surface area contributed by atoms with Crippen LogP contribution < -0.4 is 10.1 Å². The van der Waals surface area contributed by atoms with Gasteiger partial charge < -0.3 is 15.2 Å². The number of halogens is 1. The van der Waals surface area contributed by atoms with Crippen LogP contribution in [0.2, 0.25) is 5.02 Å². The van der Waals surface area contributed by atoms with Gasteiger partial charge in [-0.3, -0.25) is 4.79 Å². The standard InChI is InChI=1S/C14H18ClNO3/c1-19-12-8-10(15)4-5-11(12)13(17)16-9-14(18)6-2-3-7-14/h4-5,8,18H,2-3,6-7,9H2,1H3,(H,16,17). The third kappa shape index (κ3) is 3.39. The van der Waals surface area contributed by atoms with Crippen LogP contribution in [0.25, 0.3) is 0 Å². The van der Waals surface area contributed by atoms with E-state index >= 15 is 0 Å². The van der Waals surface area contributed by atoms with Crippen LogP contribution in [0, 0.1) is 0 Å². The van der Waals surface area contributed by atoms with E-state index in [2.05, 4.69) is 5.32 Å². The average Bonchev–Trinajstić information content (AvgIpc) is 2.83. The van der Waals surface area contributed by atoms with Crippen LogP contribution in [0.5, 0.6) is 5.75 Å². The van der Waals surface area contributed by atoms with Crippen molar-refractivity contribution in [1.82, 2.24) is 5.32 Å². The first-order valence-corrected chi connectivity index (χ1v) is 6.76. The third-order valence-corrected chi connectivity index (χ3v) is 3.76. The molecule has 0 heterocycles. The summed E-state index contributed by atoms with van der Waals surface area (Å²) in [6, 6.07) is 4.86. The van der Waals surface area contributed by atoms with Crippen molar-refractivity contribution in [2.24, 2.45) is 0 Å². The van der Waals surface area contributed by atoms with Gasteiger partial charge in [0.2, 0.25) is 0 Å². The SMILES string of the molecule is COc1cc(Cl)ccc1C(=O)NCC1(O)CCCC1. The van der Waals surface area contributed by atoms with Crippen LogP contribution in [0.3, 0.4) is 0 Å². The third-order valence-electron chi connectivity index (χ3n) is 3.52. The molecule has 0 spiro atoms. The fourth-order valence-corrected chi connectivity index (χ4v) is 2.56. The maximum atomic E-state index is 12.1. The summed E-state index contributed by atoms with van der Waals surface area (Å²) in [4.78, 5) is 12.1. The smallest absolute Gasteiger partial charge is 0.255 e. The van der Waals surface area contributed by atoms with Gasteiger partial charge in [-0.1, -0.05) is 24.4 Å². The van der Waals surface area contributed by atoms with Gasteiger partial charge in [-0.2, -0.15) is 0 Å². The average molecular weight is 284 g/mol. The van der Waals surface area contributed by atoms with E-state index < -0.39 is 5.60 Å². The Bertz CT molecular complexity index is 470. The molecule has 2 rings (SSSR count). The Morgan fingerprint density at radius 1 is 1.47 bits per heavy atom. The lowest BCUT2D eigenvalue weighted by Crippen LogP contribution is -2.40. The number of carbonyl (C=O) groups is 1. The highest BCUT2D eigenvalue weighted by Crippen LogP contribution is 2.29. The molecular formula is C14H18ClNO3. The van der Waals surface area contributed by atoms with Crippen molar-refractivity contribution >= 4 is 17.5 Å². The summed E-state index contributed by atoms with van der Waals surface area (Å²) in [6.45, 7) is 0.275. The van der Waals surface area contributed by atoms with Crippen LogP contribution in [0.15, 0.2) is 18.2 Å². The number of benzene rings is 1. The molecule has 19 heavy (non-hydrogen) atoms. The molecule has 1 aromatic rings. The maximum Gasteiger partial charge on any atom is 0.255 e. The largest absolute Gasteiger partial charge is 0.496 e. The number of nitrogens with one attached hydrogen (secondary N) is 1. The predicted octanol–water partition coefficient (Wildman–Crippen LogP) is 2.38. The van der Waals surface area contributed by atoms with E-state index in [-0.39, 0.29) is 12.5 Å². The fourth-order valence-electron chi connectivity index (χ4n) is 2.40. The minimum absolute atomic E-state index is 0.256. The summed E-state index contributed by atoms with van der Waals surface area (Å²) < 4.78 is 5.14. The molecule has 0 aromatic heterocycles. The zero-order chi connectivity index (χ0) is 13.9. The molecule has 1 saturated carbocycles. The first-order chi connectivity index (χ1) is 9.04. The van der Waals surface area contributed by atoms with Gasteiger partial charge >= 0.3 is 0 Å². The van der Waals surface area contributed by atoms with E-state index in [1.807, 2.05) is 0 Å². The molecule has 0 aliphatic heterocycles. The highest BCUT2D eigenvalue weighted by Gasteiger charge is 2.31. The van der Waals surface area contributed by atoms with Crippen molar-refractivity contribution in [3.63, 3.8) is 0 Å². The normalized spacial score (nSPS) is 17.2. The molecule has 1 aliphatic carbocycles. The Kier molecular flexibility index (Phi) is 4.32. The molecule has 0 atom stereocenters. The number of hydrogen-bond donors (Lipinski definition) is 2. The van der Waals surface area contributed by atoms with Crippen molar-refractivity contribution in [1.29, 1.82) is 0 Å². The summed E-state index contributed by atoms with van der Waals surface area (Å²) in [5.74, 6) is 0.178. The van der Waals surface area contributed by atoms with Gasteiger partial charge in [0.05, 0.1) is 18.3 Å². The molecule has 5 heteroatoms. The summed E-state index contributed by atoms with van der Waals surface area (Å²) in [5, 5.41) is 13.5. The molecule has 0 saturated heterocycles. The summed E-state index contributed by atoms with van der Waals surface area (Å²) in [7, 11) is 1.49. The van der Waals surface area contributed by atoms with E-state index in [9.17, 15) is 9.90 Å². The lowest BCUT2D eigenvalue weighted by molar-refractivity contribution is 0.0449. The molecule has 0 bridgehead atoms. The topological polar surface area (TPSA) is 58.6 Å². The Morgan fingerprint density at radius 3 is 2.79 bits per heavy atom. The van der Waals surface area contributed by atoms with E-state index in [1.165, 1.54) is 7.11 Å². The van der Waals surface area contributed by atoms with Crippen LogP contribution in [0.1, 0.15) is 36.0 Å². The Labute approximate surface area is 117 Å². The van der Waals surface area contributed by atoms with Gasteiger partial charge in [0.25, 0.3) is 5.91 Å². The van der Waals surface area contributed by atoms with E-state index in [1.54, 1.807) is 18.2 Å². The second kappa shape index (κ2) is 5.80. The van der Waals surface area contributed by atoms with Crippen molar-refractivity contribution < 1.29 is 14.6 Å². The van der Waals surface area contributed by atoms with Gasteiger partial charge in [0.1, 0.15) is 5.75 Å². The summed E-state index contributed by atoms with van der Waals surface area (Å²) >= 11 is 5.85. The van der Waals surface area contributed by atoms with E-state index in [4.69, 9.17) is 16.3 Å². The molecule has 1 amide bonds. The van der Waals surface area contributed by atoms with Crippen molar-refractivity contribution in [2.75, 3.05) is 13.7 Å². The molecule has 1 aliphatic rings. The number of ether oxygens (including phenoxy) is 1. The molecule has 1 fully saturated rings. The quantitative estimate of drug-likeness (QED) is 0.892. The van der Waals surface area contributed by atoms with Gasteiger partial charge in [0, 0.05) is 11.6 Å². The first-order valence-electron chi connectivity index (χ1n) is 6.38. The molecular weight excluding hydrogens is 266 g/mol. The number of carbonyl (C=O) groups excluding carboxylic acids is 1. The minimum Gasteiger partial charge on any atom is -0.496 e. The highest BCUT2D eigenvalue weighted by molar-refractivity contribution is 6.30. The number of rotatable bonds is 4. The molecule has 2 N–H and O–H groups in total.